The summed E-state index contributed by atoms with van der Waals surface area (Å²) in [6, 6.07) is 0. The Kier molecular flexibility index (Phi) is 18.6. The highest BCUT2D eigenvalue weighted by molar-refractivity contribution is 4.65. The lowest BCUT2D eigenvalue weighted by molar-refractivity contribution is 0.502. The summed E-state index contributed by atoms with van der Waals surface area (Å²) in [6.07, 6.45) is 26.5. The summed E-state index contributed by atoms with van der Waals surface area (Å²) in [6.45, 7) is 8.45. The fourth-order valence-corrected chi connectivity index (χ4v) is 3.14. The molecule has 0 atom stereocenters. The smallest absolute Gasteiger partial charge is 0.0353 e. The van der Waals surface area contributed by atoms with E-state index >= 15 is 0 Å². The Labute approximate surface area is 142 Å². The lowest BCUT2D eigenvalue weighted by Gasteiger charge is -2.05. The first-order valence-corrected chi connectivity index (χ1v) is 10.4. The minimum atomic E-state index is 0.896. The van der Waals surface area contributed by atoms with Crippen molar-refractivity contribution in [1.82, 2.24) is 0 Å². The van der Waals surface area contributed by atoms with Crippen molar-refractivity contribution in [2.75, 3.05) is 0 Å². The summed E-state index contributed by atoms with van der Waals surface area (Å²) in [7, 11) is 0. The maximum absolute atomic E-state index is 3.77. The molecule has 0 amide bonds. The van der Waals surface area contributed by atoms with Crippen molar-refractivity contribution in [2.45, 2.75) is 123 Å². The number of rotatable bonds is 18. The van der Waals surface area contributed by atoms with Crippen LogP contribution in [0, 0.1) is 5.92 Å². The van der Waals surface area contributed by atoms with Gasteiger partial charge in [0, 0.05) is 0 Å². The van der Waals surface area contributed by atoms with E-state index in [2.05, 4.69) is 20.4 Å². The molecule has 0 nitrogen and oxygen atoms in total. The first-order chi connectivity index (χ1) is 10.8. The van der Waals surface area contributed by atoms with Crippen LogP contribution in [0.5, 0.6) is 0 Å². The minimum absolute atomic E-state index is 0.896. The van der Waals surface area contributed by atoms with Crippen molar-refractivity contribution in [3.8, 4) is 0 Å². The number of unbranched alkanes of at least 4 members (excludes halogenated alkanes) is 15. The van der Waals surface area contributed by atoms with E-state index in [-0.39, 0.29) is 0 Å². The van der Waals surface area contributed by atoms with Crippen LogP contribution in [0.4, 0.5) is 0 Å². The molecule has 0 aromatic carbocycles. The standard InChI is InChI=1S/C22H44/c1-4-5-6-7-8-9-10-11-12-13-14-15-16-17-18-19-20-21-22(2)3/h4,22H,1,5-21H2,2-3H3. The van der Waals surface area contributed by atoms with Crippen LogP contribution in [-0.4, -0.2) is 0 Å². The maximum atomic E-state index is 3.77. The molecular weight excluding hydrogens is 264 g/mol. The molecule has 0 bridgehead atoms. The monoisotopic (exact) mass is 308 g/mol. The number of allylic oxidation sites excluding steroid dienone is 1. The first-order valence-electron chi connectivity index (χ1n) is 10.4. The van der Waals surface area contributed by atoms with Gasteiger partial charge < -0.3 is 0 Å². The Morgan fingerprint density at radius 1 is 0.545 bits per heavy atom. The third-order valence-corrected chi connectivity index (χ3v) is 4.69. The van der Waals surface area contributed by atoms with Crippen LogP contribution in [0.2, 0.25) is 0 Å². The van der Waals surface area contributed by atoms with Gasteiger partial charge in [0.15, 0.2) is 0 Å². The summed E-state index contributed by atoms with van der Waals surface area (Å²) in [5.41, 5.74) is 0. The summed E-state index contributed by atoms with van der Waals surface area (Å²) in [5, 5.41) is 0. The molecule has 0 aliphatic carbocycles. The van der Waals surface area contributed by atoms with Crippen molar-refractivity contribution in [1.29, 1.82) is 0 Å². The van der Waals surface area contributed by atoms with Gasteiger partial charge in [-0.05, 0) is 18.8 Å². The van der Waals surface area contributed by atoms with E-state index in [1.165, 1.54) is 109 Å². The zero-order valence-electron chi connectivity index (χ0n) is 15.9. The third-order valence-electron chi connectivity index (χ3n) is 4.69. The van der Waals surface area contributed by atoms with Crippen LogP contribution in [0.15, 0.2) is 12.7 Å². The molecule has 0 spiro atoms. The van der Waals surface area contributed by atoms with Gasteiger partial charge in [0.05, 0.1) is 0 Å². The van der Waals surface area contributed by atoms with E-state index in [1.54, 1.807) is 0 Å². The summed E-state index contributed by atoms with van der Waals surface area (Å²) < 4.78 is 0. The SMILES string of the molecule is C=CCCCCCCCCCCCCCCCCCC(C)C. The van der Waals surface area contributed by atoms with Crippen LogP contribution in [-0.2, 0) is 0 Å². The molecule has 0 saturated carbocycles. The van der Waals surface area contributed by atoms with E-state index in [0.29, 0.717) is 0 Å². The molecule has 0 radical (unpaired) electrons. The molecule has 22 heavy (non-hydrogen) atoms. The van der Waals surface area contributed by atoms with Gasteiger partial charge in [0.25, 0.3) is 0 Å². The van der Waals surface area contributed by atoms with E-state index in [9.17, 15) is 0 Å². The fraction of sp³-hybridized carbons (Fsp3) is 0.909. The predicted molar refractivity (Wildman–Crippen MR) is 104 cm³/mol. The third kappa shape index (κ3) is 19.7. The molecule has 0 aromatic rings. The molecule has 0 N–H and O–H groups in total. The molecule has 0 heterocycles. The van der Waals surface area contributed by atoms with Crippen LogP contribution in [0.1, 0.15) is 123 Å². The van der Waals surface area contributed by atoms with Gasteiger partial charge in [-0.2, -0.15) is 0 Å². The molecular formula is C22H44. The highest BCUT2D eigenvalue weighted by Crippen LogP contribution is 2.14. The topological polar surface area (TPSA) is 0 Å². The second kappa shape index (κ2) is 18.8. The Morgan fingerprint density at radius 2 is 0.864 bits per heavy atom. The summed E-state index contributed by atoms with van der Waals surface area (Å²) in [5.74, 6) is 0.896. The van der Waals surface area contributed by atoms with Crippen LogP contribution in [0.25, 0.3) is 0 Å². The van der Waals surface area contributed by atoms with Crippen molar-refractivity contribution in [3.63, 3.8) is 0 Å². The molecule has 0 aromatic heterocycles. The molecule has 0 heteroatoms. The normalized spacial score (nSPS) is 11.2. The van der Waals surface area contributed by atoms with Gasteiger partial charge in [0.1, 0.15) is 0 Å². The quantitative estimate of drug-likeness (QED) is 0.176. The molecule has 0 aliphatic heterocycles. The maximum Gasteiger partial charge on any atom is -0.0353 e. The van der Waals surface area contributed by atoms with Gasteiger partial charge in [-0.3, -0.25) is 0 Å². The Bertz CT molecular complexity index is 204. The molecule has 0 fully saturated rings. The highest BCUT2D eigenvalue weighted by Gasteiger charge is 1.96. The van der Waals surface area contributed by atoms with Gasteiger partial charge in [-0.1, -0.05) is 116 Å². The molecule has 132 valence electrons. The Morgan fingerprint density at radius 3 is 1.18 bits per heavy atom. The summed E-state index contributed by atoms with van der Waals surface area (Å²) in [4.78, 5) is 0. The van der Waals surface area contributed by atoms with Gasteiger partial charge >= 0.3 is 0 Å². The zero-order valence-corrected chi connectivity index (χ0v) is 15.9. The molecule has 0 rings (SSSR count). The van der Waals surface area contributed by atoms with Gasteiger partial charge in [0.2, 0.25) is 0 Å². The van der Waals surface area contributed by atoms with Crippen molar-refractivity contribution in [3.05, 3.63) is 12.7 Å². The van der Waals surface area contributed by atoms with Crippen LogP contribution in [0.3, 0.4) is 0 Å². The first kappa shape index (κ1) is 21.7. The van der Waals surface area contributed by atoms with Crippen molar-refractivity contribution in [2.24, 2.45) is 5.92 Å². The Hall–Kier alpha value is -0.260. The fourth-order valence-electron chi connectivity index (χ4n) is 3.14. The van der Waals surface area contributed by atoms with Gasteiger partial charge in [-0.25, -0.2) is 0 Å². The lowest BCUT2D eigenvalue weighted by atomic mass is 10.0. The van der Waals surface area contributed by atoms with E-state index in [4.69, 9.17) is 0 Å². The largest absolute Gasteiger partial charge is 0.103 e. The van der Waals surface area contributed by atoms with Crippen LogP contribution >= 0.6 is 0 Å². The second-order valence-electron chi connectivity index (χ2n) is 7.56. The van der Waals surface area contributed by atoms with Crippen LogP contribution < -0.4 is 0 Å². The van der Waals surface area contributed by atoms with Gasteiger partial charge in [-0.15, -0.1) is 6.58 Å². The Balaban J connectivity index is 2.95. The van der Waals surface area contributed by atoms with E-state index in [0.717, 1.165) is 5.92 Å². The summed E-state index contributed by atoms with van der Waals surface area (Å²) >= 11 is 0. The molecule has 0 aliphatic rings. The molecule has 0 saturated heterocycles. The van der Waals surface area contributed by atoms with Crippen molar-refractivity contribution < 1.29 is 0 Å². The zero-order chi connectivity index (χ0) is 16.3. The average molecular weight is 309 g/mol. The number of hydrogen-bond acceptors (Lipinski definition) is 0. The predicted octanol–water partition coefficient (Wildman–Crippen LogP) is 8.46. The minimum Gasteiger partial charge on any atom is -0.103 e. The number of hydrogen-bond donors (Lipinski definition) is 0. The van der Waals surface area contributed by atoms with E-state index in [1.807, 2.05) is 6.08 Å². The van der Waals surface area contributed by atoms with Crippen molar-refractivity contribution >= 4 is 0 Å². The second-order valence-corrected chi connectivity index (χ2v) is 7.56. The van der Waals surface area contributed by atoms with E-state index < -0.39 is 0 Å². The lowest BCUT2D eigenvalue weighted by Crippen LogP contribution is -1.87. The average Bonchev–Trinajstić information content (AvgIpc) is 2.50. The highest BCUT2D eigenvalue weighted by atomic mass is 14.0. The molecule has 0 unspecified atom stereocenters.